The summed E-state index contributed by atoms with van der Waals surface area (Å²) in [6.07, 6.45) is 1.25. The molecule has 33 heavy (non-hydrogen) atoms. The largest absolute Gasteiger partial charge is 0.486 e. The number of fused-ring (bicyclic) bond motifs is 2. The van der Waals surface area contributed by atoms with Crippen LogP contribution in [0.5, 0.6) is 11.5 Å². The van der Waals surface area contributed by atoms with Crippen LogP contribution in [0.15, 0.2) is 70.6 Å². The van der Waals surface area contributed by atoms with E-state index in [9.17, 15) is 17.6 Å². The molecule has 0 saturated carbocycles. The van der Waals surface area contributed by atoms with E-state index >= 15 is 0 Å². The second kappa shape index (κ2) is 7.74. The molecule has 0 radical (unpaired) electrons. The van der Waals surface area contributed by atoms with Crippen molar-refractivity contribution in [3.8, 4) is 11.5 Å². The van der Waals surface area contributed by atoms with E-state index < -0.39 is 21.4 Å². The second-order valence-corrected chi connectivity index (χ2v) is 9.84. The van der Waals surface area contributed by atoms with Crippen molar-refractivity contribution in [3.05, 3.63) is 88.2 Å². The molecular formula is C25H20FNO5S. The summed E-state index contributed by atoms with van der Waals surface area (Å²) in [6.45, 7) is 4.46. The van der Waals surface area contributed by atoms with Gasteiger partial charge in [-0.1, -0.05) is 23.8 Å². The van der Waals surface area contributed by atoms with E-state index in [1.54, 1.807) is 37.3 Å². The van der Waals surface area contributed by atoms with Crippen molar-refractivity contribution in [1.29, 1.82) is 0 Å². The van der Waals surface area contributed by atoms with E-state index in [-0.39, 0.29) is 15.5 Å². The number of anilines is 2. The zero-order chi connectivity index (χ0) is 23.3. The van der Waals surface area contributed by atoms with Gasteiger partial charge in [0.15, 0.2) is 11.5 Å². The topological polar surface area (TPSA) is 72.9 Å². The van der Waals surface area contributed by atoms with Crippen molar-refractivity contribution in [2.24, 2.45) is 0 Å². The molecule has 0 amide bonds. The number of hydrogen-bond acceptors (Lipinski definition) is 6. The van der Waals surface area contributed by atoms with Crippen LogP contribution in [0, 0.1) is 19.7 Å². The first kappa shape index (κ1) is 21.2. The highest BCUT2D eigenvalue weighted by molar-refractivity contribution is 7.96. The highest BCUT2D eigenvalue weighted by Crippen LogP contribution is 2.43. The first-order valence-electron chi connectivity index (χ1n) is 10.3. The van der Waals surface area contributed by atoms with Crippen molar-refractivity contribution >= 4 is 27.0 Å². The van der Waals surface area contributed by atoms with Gasteiger partial charge in [-0.25, -0.2) is 12.8 Å². The molecule has 0 aromatic heterocycles. The summed E-state index contributed by atoms with van der Waals surface area (Å²) in [7, 11) is -4.18. The molecule has 0 atom stereocenters. The van der Waals surface area contributed by atoms with E-state index in [1.165, 1.54) is 17.2 Å². The minimum absolute atomic E-state index is 0.115. The number of carbonyl (C=O) groups is 1. The van der Waals surface area contributed by atoms with E-state index in [0.717, 1.165) is 17.7 Å². The molecule has 2 heterocycles. The summed E-state index contributed by atoms with van der Waals surface area (Å²) in [4.78, 5) is 14.4. The molecule has 0 N–H and O–H groups in total. The fourth-order valence-corrected chi connectivity index (χ4v) is 5.57. The highest BCUT2D eigenvalue weighted by Gasteiger charge is 2.37. The van der Waals surface area contributed by atoms with Gasteiger partial charge in [-0.2, -0.15) is 0 Å². The minimum atomic E-state index is -4.18. The summed E-state index contributed by atoms with van der Waals surface area (Å²) in [5, 5.41) is 0. The van der Waals surface area contributed by atoms with Gasteiger partial charge in [-0.3, -0.25) is 4.79 Å². The van der Waals surface area contributed by atoms with Gasteiger partial charge in [-0.15, -0.1) is 0 Å². The lowest BCUT2D eigenvalue weighted by molar-refractivity contribution is 0.104. The van der Waals surface area contributed by atoms with Gasteiger partial charge in [0.25, 0.3) is 0 Å². The Kier molecular flexibility index (Phi) is 4.97. The molecule has 8 heteroatoms. The number of allylic oxidation sites excluding steroid dienone is 1. The molecule has 3 aromatic rings. The van der Waals surface area contributed by atoms with Gasteiger partial charge in [0.2, 0.25) is 15.6 Å². The van der Waals surface area contributed by atoms with Crippen molar-refractivity contribution in [2.45, 2.75) is 18.7 Å². The fraction of sp³-hybridized carbons (Fsp3) is 0.160. The lowest BCUT2D eigenvalue weighted by Gasteiger charge is -2.30. The predicted octanol–water partition coefficient (Wildman–Crippen LogP) is 4.86. The van der Waals surface area contributed by atoms with Crippen molar-refractivity contribution in [3.63, 3.8) is 0 Å². The average molecular weight is 466 g/mol. The van der Waals surface area contributed by atoms with Gasteiger partial charge < -0.3 is 14.4 Å². The molecule has 168 valence electrons. The maximum Gasteiger partial charge on any atom is 0.214 e. The van der Waals surface area contributed by atoms with Crippen LogP contribution in [0.25, 0.3) is 0 Å². The van der Waals surface area contributed by atoms with Gasteiger partial charge in [0.05, 0.1) is 10.6 Å². The molecule has 0 aliphatic carbocycles. The Morgan fingerprint density at radius 2 is 1.70 bits per heavy atom. The first-order chi connectivity index (χ1) is 15.8. The first-order valence-corrected chi connectivity index (χ1v) is 11.8. The third-order valence-corrected chi connectivity index (χ3v) is 7.45. The Bertz CT molecular complexity index is 1450. The fourth-order valence-electron chi connectivity index (χ4n) is 4.06. The van der Waals surface area contributed by atoms with E-state index in [0.29, 0.717) is 41.5 Å². The number of ether oxygens (including phenoxy) is 2. The van der Waals surface area contributed by atoms with Gasteiger partial charge in [-0.05, 0) is 49.7 Å². The smallest absolute Gasteiger partial charge is 0.214 e. The number of hydrogen-bond donors (Lipinski definition) is 0. The number of halogens is 1. The molecule has 2 aliphatic rings. The maximum absolute atomic E-state index is 14.2. The van der Waals surface area contributed by atoms with Gasteiger partial charge >= 0.3 is 0 Å². The van der Waals surface area contributed by atoms with Crippen LogP contribution in [0.1, 0.15) is 21.5 Å². The molecular weight excluding hydrogens is 445 g/mol. The minimum Gasteiger partial charge on any atom is -0.486 e. The van der Waals surface area contributed by atoms with Gasteiger partial charge in [0, 0.05) is 23.5 Å². The summed E-state index contributed by atoms with van der Waals surface area (Å²) in [5.74, 6) is -0.167. The Balaban J connectivity index is 1.70. The molecule has 0 spiro atoms. The lowest BCUT2D eigenvalue weighted by Crippen LogP contribution is -2.26. The Labute approximate surface area is 190 Å². The summed E-state index contributed by atoms with van der Waals surface area (Å²) in [6, 6.07) is 13.7. The Morgan fingerprint density at radius 3 is 2.45 bits per heavy atom. The number of nitrogens with zero attached hydrogens (tertiary/aromatic N) is 1. The molecule has 0 bridgehead atoms. The zero-order valence-electron chi connectivity index (χ0n) is 18.0. The van der Waals surface area contributed by atoms with Crippen molar-refractivity contribution in [2.75, 3.05) is 18.1 Å². The lowest BCUT2D eigenvalue weighted by atomic mass is 10.0. The average Bonchev–Trinajstić information content (AvgIpc) is 2.78. The van der Waals surface area contributed by atoms with E-state index in [2.05, 4.69) is 0 Å². The maximum atomic E-state index is 14.2. The SMILES string of the molecule is Cc1ccc(C(=O)C2=CN(c3ccc4c(c3)OCCO4)c3cc(F)ccc3S2(=O)=O)c(C)c1. The molecule has 6 nitrogen and oxygen atoms in total. The number of rotatable bonds is 3. The normalized spacial score (nSPS) is 16.1. The van der Waals surface area contributed by atoms with Crippen LogP contribution in [-0.2, 0) is 9.84 Å². The van der Waals surface area contributed by atoms with Crippen LogP contribution < -0.4 is 14.4 Å². The summed E-state index contributed by atoms with van der Waals surface area (Å²) >= 11 is 0. The zero-order valence-corrected chi connectivity index (χ0v) is 18.8. The number of Topliss-reactive ketones (excluding diaryl/α,β-unsaturated/α-hetero) is 1. The van der Waals surface area contributed by atoms with Crippen LogP contribution in [0.4, 0.5) is 15.8 Å². The molecule has 0 saturated heterocycles. The third-order valence-electron chi connectivity index (χ3n) is 5.66. The molecule has 0 unspecified atom stereocenters. The third kappa shape index (κ3) is 3.56. The molecule has 0 fully saturated rings. The van der Waals surface area contributed by atoms with Crippen molar-refractivity contribution < 1.29 is 27.1 Å². The number of carbonyl (C=O) groups excluding carboxylic acids is 1. The standard InChI is InChI=1S/C25H20FNO5S/c1-15-3-6-19(16(2)11-15)25(28)24-14-27(18-5-7-21-22(13-18)32-10-9-31-21)20-12-17(26)4-8-23(20)33(24,29)30/h3-8,11-14H,9-10H2,1-2H3. The monoisotopic (exact) mass is 465 g/mol. The van der Waals surface area contributed by atoms with Crippen molar-refractivity contribution in [1.82, 2.24) is 0 Å². The van der Waals surface area contributed by atoms with Crippen LogP contribution in [0.3, 0.4) is 0 Å². The van der Waals surface area contributed by atoms with Crippen LogP contribution in [-0.4, -0.2) is 27.4 Å². The van der Waals surface area contributed by atoms with E-state index in [4.69, 9.17) is 9.47 Å². The highest BCUT2D eigenvalue weighted by atomic mass is 32.2. The van der Waals surface area contributed by atoms with Gasteiger partial charge in [0.1, 0.15) is 23.9 Å². The summed E-state index contributed by atoms with van der Waals surface area (Å²) in [5.41, 5.74) is 2.55. The number of ketones is 1. The summed E-state index contributed by atoms with van der Waals surface area (Å²) < 4.78 is 52.2. The predicted molar refractivity (Wildman–Crippen MR) is 121 cm³/mol. The number of aryl methyl sites for hydroxylation is 2. The molecule has 3 aromatic carbocycles. The molecule has 2 aliphatic heterocycles. The van der Waals surface area contributed by atoms with Crippen LogP contribution >= 0.6 is 0 Å². The number of benzene rings is 3. The Hall–Kier alpha value is -3.65. The van der Waals surface area contributed by atoms with Crippen LogP contribution in [0.2, 0.25) is 0 Å². The second-order valence-electron chi connectivity index (χ2n) is 7.95. The Morgan fingerprint density at radius 1 is 0.939 bits per heavy atom. The molecule has 5 rings (SSSR count). The van der Waals surface area contributed by atoms with E-state index in [1.807, 2.05) is 13.0 Å². The number of sulfone groups is 1. The quantitative estimate of drug-likeness (QED) is 0.406.